The predicted molar refractivity (Wildman–Crippen MR) is 132 cm³/mol. The summed E-state index contributed by atoms with van der Waals surface area (Å²) in [5.74, 6) is 0.0132. The molecule has 6 heteroatoms. The van der Waals surface area contributed by atoms with Gasteiger partial charge in [0, 0.05) is 4.88 Å². The molecule has 0 radical (unpaired) electrons. The Balaban J connectivity index is 1.49. The van der Waals surface area contributed by atoms with Gasteiger partial charge in [-0.15, -0.1) is 11.3 Å². The first-order valence-electron chi connectivity index (χ1n) is 11.5. The van der Waals surface area contributed by atoms with Crippen molar-refractivity contribution in [2.75, 3.05) is 11.9 Å². The van der Waals surface area contributed by atoms with Gasteiger partial charge in [-0.3, -0.25) is 4.79 Å². The molecule has 1 atom stereocenters. The van der Waals surface area contributed by atoms with Crippen LogP contribution >= 0.6 is 11.3 Å². The summed E-state index contributed by atoms with van der Waals surface area (Å²) in [5.41, 5.74) is 3.77. The Morgan fingerprint density at radius 3 is 2.36 bits per heavy atom. The largest absolute Gasteiger partial charge is 0.481 e. The Hall–Kier alpha value is -3.12. The summed E-state index contributed by atoms with van der Waals surface area (Å²) >= 11 is 1.49. The lowest BCUT2D eigenvalue weighted by Gasteiger charge is -2.18. The van der Waals surface area contributed by atoms with Crippen LogP contribution in [0, 0.1) is 0 Å². The monoisotopic (exact) mass is 463 g/mol. The summed E-state index contributed by atoms with van der Waals surface area (Å²) < 4.78 is 11.3. The van der Waals surface area contributed by atoms with Crippen molar-refractivity contribution < 1.29 is 19.1 Å². The molecule has 172 valence electrons. The first kappa shape index (κ1) is 23.1. The zero-order chi connectivity index (χ0) is 23.2. The highest BCUT2D eigenvalue weighted by Crippen LogP contribution is 2.38. The van der Waals surface area contributed by atoms with Crippen molar-refractivity contribution in [1.29, 1.82) is 0 Å². The van der Waals surface area contributed by atoms with Crippen LogP contribution in [0.2, 0.25) is 0 Å². The second-order valence-corrected chi connectivity index (χ2v) is 9.14. The number of benzene rings is 2. The van der Waals surface area contributed by atoms with Gasteiger partial charge in [0.05, 0.1) is 12.2 Å². The van der Waals surface area contributed by atoms with Crippen molar-refractivity contribution >= 4 is 28.2 Å². The van der Waals surface area contributed by atoms with E-state index in [-0.39, 0.29) is 11.9 Å². The number of amides is 1. The van der Waals surface area contributed by atoms with Crippen LogP contribution < -0.4 is 10.1 Å². The Labute approximate surface area is 198 Å². The van der Waals surface area contributed by atoms with Crippen LogP contribution in [0.5, 0.6) is 5.75 Å². The van der Waals surface area contributed by atoms with Gasteiger partial charge in [0.2, 0.25) is 0 Å². The van der Waals surface area contributed by atoms with E-state index >= 15 is 0 Å². The molecule has 1 unspecified atom stereocenters. The van der Waals surface area contributed by atoms with Crippen LogP contribution in [0.3, 0.4) is 0 Å². The molecule has 33 heavy (non-hydrogen) atoms. The minimum absolute atomic E-state index is 0.256. The van der Waals surface area contributed by atoms with Gasteiger partial charge in [0.1, 0.15) is 10.8 Å². The maximum Gasteiger partial charge on any atom is 0.341 e. The Bertz CT molecular complexity index is 1110. The fourth-order valence-electron chi connectivity index (χ4n) is 4.11. The molecule has 2 aromatic carbocycles. The van der Waals surface area contributed by atoms with Gasteiger partial charge in [-0.05, 0) is 67.9 Å². The number of hydrogen-bond acceptors (Lipinski definition) is 5. The third-order valence-electron chi connectivity index (χ3n) is 5.79. The summed E-state index contributed by atoms with van der Waals surface area (Å²) in [4.78, 5) is 26.9. The summed E-state index contributed by atoms with van der Waals surface area (Å²) in [6.07, 6.45) is 3.76. The number of rotatable bonds is 8. The minimum atomic E-state index is -0.665. The number of hydrogen-bond donors (Lipinski definition) is 1. The molecular weight excluding hydrogens is 434 g/mol. The Morgan fingerprint density at radius 1 is 0.970 bits per heavy atom. The topological polar surface area (TPSA) is 64.6 Å². The normalized spacial score (nSPS) is 13.6. The number of carbonyl (C=O) groups excluding carboxylic acids is 2. The molecule has 1 aliphatic rings. The second-order valence-electron chi connectivity index (χ2n) is 8.03. The highest BCUT2D eigenvalue weighted by atomic mass is 32.1. The molecule has 0 fully saturated rings. The van der Waals surface area contributed by atoms with Gasteiger partial charge in [-0.2, -0.15) is 0 Å². The predicted octanol–water partition coefficient (Wildman–Crippen LogP) is 6.27. The molecule has 0 spiro atoms. The third kappa shape index (κ3) is 5.28. The van der Waals surface area contributed by atoms with Crippen molar-refractivity contribution in [3.63, 3.8) is 0 Å². The van der Waals surface area contributed by atoms with Crippen LogP contribution in [0.25, 0.3) is 11.1 Å². The highest BCUT2D eigenvalue weighted by molar-refractivity contribution is 7.17. The van der Waals surface area contributed by atoms with E-state index in [9.17, 15) is 9.59 Å². The molecule has 0 aliphatic heterocycles. The molecule has 1 aromatic heterocycles. The zero-order valence-corrected chi connectivity index (χ0v) is 19.9. The molecule has 3 aromatic rings. The second kappa shape index (κ2) is 10.7. The van der Waals surface area contributed by atoms with Crippen LogP contribution in [-0.4, -0.2) is 24.6 Å². The summed E-state index contributed by atoms with van der Waals surface area (Å²) in [6, 6.07) is 17.8. The van der Waals surface area contributed by atoms with Crippen molar-refractivity contribution in [1.82, 2.24) is 0 Å². The molecule has 0 bridgehead atoms. The van der Waals surface area contributed by atoms with E-state index in [1.165, 1.54) is 16.2 Å². The average molecular weight is 464 g/mol. The smallest absolute Gasteiger partial charge is 0.341 e. The Kier molecular flexibility index (Phi) is 7.45. The van der Waals surface area contributed by atoms with Gasteiger partial charge >= 0.3 is 5.97 Å². The van der Waals surface area contributed by atoms with Gasteiger partial charge in [-0.25, -0.2) is 4.79 Å². The zero-order valence-electron chi connectivity index (χ0n) is 19.1. The SMILES string of the molecule is CCOC(=O)c1c(NC(=O)C(CC)Oc2ccc(-c3ccccc3)cc2)sc2c1CCCC2. The fourth-order valence-corrected chi connectivity index (χ4v) is 5.39. The van der Waals surface area contributed by atoms with Crippen LogP contribution in [-0.2, 0) is 22.4 Å². The number of esters is 1. The van der Waals surface area contributed by atoms with E-state index in [0.29, 0.717) is 29.3 Å². The molecule has 0 saturated carbocycles. The lowest BCUT2D eigenvalue weighted by molar-refractivity contribution is -0.122. The number of nitrogens with one attached hydrogen (secondary N) is 1. The van der Waals surface area contributed by atoms with E-state index in [0.717, 1.165) is 42.4 Å². The van der Waals surface area contributed by atoms with Crippen molar-refractivity contribution in [2.45, 2.75) is 52.1 Å². The van der Waals surface area contributed by atoms with Gasteiger partial charge < -0.3 is 14.8 Å². The summed E-state index contributed by atoms with van der Waals surface area (Å²) in [6.45, 7) is 4.00. The van der Waals surface area contributed by atoms with Crippen molar-refractivity contribution in [3.8, 4) is 16.9 Å². The molecule has 4 rings (SSSR count). The first-order valence-corrected chi connectivity index (χ1v) is 12.4. The number of aryl methyl sites for hydroxylation is 1. The Morgan fingerprint density at radius 2 is 1.67 bits per heavy atom. The maximum absolute atomic E-state index is 13.1. The van der Waals surface area contributed by atoms with E-state index in [1.54, 1.807) is 6.92 Å². The lowest BCUT2D eigenvalue weighted by Crippen LogP contribution is -2.32. The number of anilines is 1. The van der Waals surface area contributed by atoms with Gasteiger partial charge in [-0.1, -0.05) is 49.4 Å². The molecule has 0 saturated heterocycles. The molecule has 1 N–H and O–H groups in total. The fraction of sp³-hybridized carbons (Fsp3) is 0.333. The van der Waals surface area contributed by atoms with Crippen molar-refractivity contribution in [2.24, 2.45) is 0 Å². The molecule has 1 heterocycles. The van der Waals surface area contributed by atoms with E-state index in [2.05, 4.69) is 17.4 Å². The summed E-state index contributed by atoms with van der Waals surface area (Å²) in [7, 11) is 0. The molecular formula is C27H29NO4S. The quantitative estimate of drug-likeness (QED) is 0.400. The number of thiophene rings is 1. The van der Waals surface area contributed by atoms with Crippen LogP contribution in [0.4, 0.5) is 5.00 Å². The average Bonchev–Trinajstić information content (AvgIpc) is 3.21. The van der Waals surface area contributed by atoms with E-state index in [1.807, 2.05) is 49.4 Å². The summed E-state index contributed by atoms with van der Waals surface area (Å²) in [5, 5.41) is 3.55. The highest BCUT2D eigenvalue weighted by Gasteiger charge is 2.29. The molecule has 1 aliphatic carbocycles. The molecule has 1 amide bonds. The molecule has 5 nitrogen and oxygen atoms in total. The van der Waals surface area contributed by atoms with Crippen LogP contribution in [0.15, 0.2) is 54.6 Å². The van der Waals surface area contributed by atoms with Crippen molar-refractivity contribution in [3.05, 3.63) is 70.6 Å². The third-order valence-corrected chi connectivity index (χ3v) is 7.00. The number of fused-ring (bicyclic) bond motifs is 1. The first-order chi connectivity index (χ1) is 16.1. The maximum atomic E-state index is 13.1. The minimum Gasteiger partial charge on any atom is -0.481 e. The lowest BCUT2D eigenvalue weighted by atomic mass is 9.95. The van der Waals surface area contributed by atoms with Crippen LogP contribution in [0.1, 0.15) is 53.9 Å². The van der Waals surface area contributed by atoms with E-state index < -0.39 is 6.10 Å². The number of carbonyl (C=O) groups is 2. The number of ether oxygens (including phenoxy) is 2. The van der Waals surface area contributed by atoms with E-state index in [4.69, 9.17) is 9.47 Å². The standard InChI is InChI=1S/C27H29NO4S/c1-3-22(32-20-16-14-19(15-17-20)18-10-6-5-7-11-18)25(29)28-26-24(27(30)31-4-2)21-12-8-9-13-23(21)33-26/h5-7,10-11,14-17,22H,3-4,8-9,12-13H2,1-2H3,(H,28,29). The van der Waals surface area contributed by atoms with Gasteiger partial charge in [0.15, 0.2) is 6.10 Å². The van der Waals surface area contributed by atoms with Gasteiger partial charge in [0.25, 0.3) is 5.91 Å².